The first-order valence-electron chi connectivity index (χ1n) is 6.36. The molecule has 0 aromatic rings. The molecule has 17 heavy (non-hydrogen) atoms. The van der Waals surface area contributed by atoms with Gasteiger partial charge in [0.2, 0.25) is 5.96 Å². The Morgan fingerprint density at radius 3 is 2.53 bits per heavy atom. The quantitative estimate of drug-likeness (QED) is 0.232. The number of hydrogen-bond acceptors (Lipinski definition) is 3. The van der Waals surface area contributed by atoms with E-state index in [2.05, 4.69) is 36.1 Å². The number of ether oxygens (including phenoxy) is 1. The smallest absolute Gasteiger partial charge is 0.208 e. The summed E-state index contributed by atoms with van der Waals surface area (Å²) in [6.45, 7) is 10.8. The van der Waals surface area contributed by atoms with Crippen LogP contribution in [0.5, 0.6) is 0 Å². The highest BCUT2D eigenvalue weighted by Gasteiger charge is 2.15. The van der Waals surface area contributed by atoms with Gasteiger partial charge < -0.3 is 9.64 Å². The summed E-state index contributed by atoms with van der Waals surface area (Å²) in [5.41, 5.74) is 2.66. The van der Waals surface area contributed by atoms with E-state index in [4.69, 9.17) is 10.6 Å². The van der Waals surface area contributed by atoms with Crippen molar-refractivity contribution in [3.63, 3.8) is 0 Å². The van der Waals surface area contributed by atoms with E-state index in [1.165, 1.54) is 0 Å². The molecule has 0 aliphatic rings. The van der Waals surface area contributed by atoms with E-state index < -0.39 is 0 Å². The van der Waals surface area contributed by atoms with Gasteiger partial charge in [-0.1, -0.05) is 13.8 Å². The Labute approximate surface area is 105 Å². The summed E-state index contributed by atoms with van der Waals surface area (Å²) in [5, 5.41) is 0. The molecule has 0 aromatic heterocycles. The molecule has 0 rings (SSSR count). The minimum absolute atomic E-state index is 0.400. The molecule has 5 heteroatoms. The Hall–Kier alpha value is -0.810. The first-order valence-corrected chi connectivity index (χ1v) is 6.36. The molecule has 0 saturated heterocycles. The predicted octanol–water partition coefficient (Wildman–Crippen LogP) is 1.21. The molecule has 0 bridgehead atoms. The van der Waals surface area contributed by atoms with E-state index >= 15 is 0 Å². The van der Waals surface area contributed by atoms with Gasteiger partial charge in [0, 0.05) is 32.8 Å². The first kappa shape index (κ1) is 16.2. The van der Waals surface area contributed by atoms with Gasteiger partial charge in [-0.2, -0.15) is 0 Å². The topological polar surface area (TPSA) is 62.9 Å². The standard InChI is InChI=1S/C12H28N4O/c1-6-17-9-7-8-14-12(15-13)16(5)11(4)10(2)3/h10-11H,6-9,13H2,1-5H3,(H,14,15). The van der Waals surface area contributed by atoms with E-state index in [-0.39, 0.29) is 0 Å². The summed E-state index contributed by atoms with van der Waals surface area (Å²) >= 11 is 0. The molecule has 0 heterocycles. The van der Waals surface area contributed by atoms with Gasteiger partial charge in [-0.05, 0) is 26.2 Å². The van der Waals surface area contributed by atoms with Crippen molar-refractivity contribution in [2.24, 2.45) is 16.8 Å². The van der Waals surface area contributed by atoms with Crippen molar-refractivity contribution in [2.75, 3.05) is 26.8 Å². The average molecular weight is 244 g/mol. The molecule has 102 valence electrons. The zero-order chi connectivity index (χ0) is 13.3. The second-order valence-corrected chi connectivity index (χ2v) is 4.50. The Kier molecular flexibility index (Phi) is 8.80. The number of hydrogen-bond donors (Lipinski definition) is 2. The molecule has 0 aromatic carbocycles. The van der Waals surface area contributed by atoms with Gasteiger partial charge in [0.05, 0.1) is 0 Å². The molecule has 0 aliphatic carbocycles. The maximum absolute atomic E-state index is 5.50. The second kappa shape index (κ2) is 9.24. The Morgan fingerprint density at radius 2 is 2.06 bits per heavy atom. The van der Waals surface area contributed by atoms with Crippen molar-refractivity contribution in [3.8, 4) is 0 Å². The van der Waals surface area contributed by atoms with Crippen molar-refractivity contribution in [1.29, 1.82) is 0 Å². The van der Waals surface area contributed by atoms with Crippen LogP contribution in [0.25, 0.3) is 0 Å². The summed E-state index contributed by atoms with van der Waals surface area (Å²) in [6.07, 6.45) is 0.920. The SMILES string of the molecule is CCOCCCN=C(NN)N(C)C(C)C(C)C. The van der Waals surface area contributed by atoms with Gasteiger partial charge in [0.1, 0.15) is 0 Å². The minimum Gasteiger partial charge on any atom is -0.382 e. The molecule has 0 aliphatic heterocycles. The Morgan fingerprint density at radius 1 is 1.41 bits per heavy atom. The fourth-order valence-electron chi connectivity index (χ4n) is 1.40. The first-order chi connectivity index (χ1) is 8.04. The van der Waals surface area contributed by atoms with Gasteiger partial charge in [-0.15, -0.1) is 0 Å². The van der Waals surface area contributed by atoms with Crippen molar-refractivity contribution in [1.82, 2.24) is 10.3 Å². The maximum atomic E-state index is 5.50. The van der Waals surface area contributed by atoms with Crippen LogP contribution < -0.4 is 11.3 Å². The fraction of sp³-hybridized carbons (Fsp3) is 0.917. The molecule has 1 unspecified atom stereocenters. The van der Waals surface area contributed by atoms with E-state index in [1.807, 2.05) is 14.0 Å². The van der Waals surface area contributed by atoms with Gasteiger partial charge in [-0.25, -0.2) is 5.84 Å². The molecule has 0 fully saturated rings. The molecular formula is C12H28N4O. The molecular weight excluding hydrogens is 216 g/mol. The normalized spacial score (nSPS) is 13.9. The second-order valence-electron chi connectivity index (χ2n) is 4.50. The Bertz CT molecular complexity index is 219. The third-order valence-corrected chi connectivity index (χ3v) is 2.95. The van der Waals surface area contributed by atoms with Gasteiger partial charge in [0.15, 0.2) is 0 Å². The summed E-state index contributed by atoms with van der Waals surface area (Å²) in [5.74, 6) is 6.79. The van der Waals surface area contributed by atoms with E-state index in [0.717, 1.165) is 32.1 Å². The molecule has 3 N–H and O–H groups in total. The summed E-state index contributed by atoms with van der Waals surface area (Å²) in [6, 6.07) is 0.400. The van der Waals surface area contributed by atoms with E-state index in [9.17, 15) is 0 Å². The number of aliphatic imine (C=N–C) groups is 1. The zero-order valence-electron chi connectivity index (χ0n) is 11.9. The van der Waals surface area contributed by atoms with Crippen LogP contribution in [-0.4, -0.2) is 43.7 Å². The molecule has 1 atom stereocenters. The lowest BCUT2D eigenvalue weighted by atomic mass is 10.1. The van der Waals surface area contributed by atoms with Crippen LogP contribution in [-0.2, 0) is 4.74 Å². The number of guanidine groups is 1. The van der Waals surface area contributed by atoms with Crippen LogP contribution in [0.15, 0.2) is 4.99 Å². The highest BCUT2D eigenvalue weighted by Crippen LogP contribution is 2.07. The molecule has 0 radical (unpaired) electrons. The average Bonchev–Trinajstić information content (AvgIpc) is 2.32. The summed E-state index contributed by atoms with van der Waals surface area (Å²) < 4.78 is 5.26. The maximum Gasteiger partial charge on any atom is 0.208 e. The van der Waals surface area contributed by atoms with E-state index in [1.54, 1.807) is 0 Å². The number of hydrazine groups is 1. The van der Waals surface area contributed by atoms with Crippen molar-refractivity contribution in [2.45, 2.75) is 40.2 Å². The third kappa shape index (κ3) is 6.48. The molecule has 0 saturated carbocycles. The molecule has 5 nitrogen and oxygen atoms in total. The lowest BCUT2D eigenvalue weighted by Gasteiger charge is -2.30. The van der Waals surface area contributed by atoms with E-state index in [0.29, 0.717) is 12.0 Å². The van der Waals surface area contributed by atoms with Gasteiger partial charge in [0.25, 0.3) is 0 Å². The number of nitrogens with two attached hydrogens (primary N) is 1. The monoisotopic (exact) mass is 244 g/mol. The molecule has 0 amide bonds. The third-order valence-electron chi connectivity index (χ3n) is 2.95. The highest BCUT2D eigenvalue weighted by atomic mass is 16.5. The Balaban J connectivity index is 4.15. The van der Waals surface area contributed by atoms with Crippen LogP contribution >= 0.6 is 0 Å². The lowest BCUT2D eigenvalue weighted by molar-refractivity contribution is 0.146. The van der Waals surface area contributed by atoms with Gasteiger partial charge >= 0.3 is 0 Å². The molecule has 0 spiro atoms. The minimum atomic E-state index is 0.400. The zero-order valence-corrected chi connectivity index (χ0v) is 11.9. The number of nitrogens with zero attached hydrogens (tertiary/aromatic N) is 2. The van der Waals surface area contributed by atoms with Gasteiger partial charge in [-0.3, -0.25) is 10.4 Å². The lowest BCUT2D eigenvalue weighted by Crippen LogP contribution is -2.48. The van der Waals surface area contributed by atoms with Crippen LogP contribution in [0.1, 0.15) is 34.1 Å². The van der Waals surface area contributed by atoms with Crippen molar-refractivity contribution < 1.29 is 4.74 Å². The highest BCUT2D eigenvalue weighted by molar-refractivity contribution is 5.79. The number of rotatable bonds is 7. The number of nitrogens with one attached hydrogen (secondary N) is 1. The van der Waals surface area contributed by atoms with Crippen LogP contribution in [0, 0.1) is 5.92 Å². The predicted molar refractivity (Wildman–Crippen MR) is 72.8 cm³/mol. The largest absolute Gasteiger partial charge is 0.382 e. The van der Waals surface area contributed by atoms with Crippen molar-refractivity contribution >= 4 is 5.96 Å². The summed E-state index contributed by atoms with van der Waals surface area (Å²) in [7, 11) is 2.01. The van der Waals surface area contributed by atoms with Crippen LogP contribution in [0.2, 0.25) is 0 Å². The summed E-state index contributed by atoms with van der Waals surface area (Å²) in [4.78, 5) is 6.52. The van der Waals surface area contributed by atoms with Crippen LogP contribution in [0.4, 0.5) is 0 Å². The van der Waals surface area contributed by atoms with Crippen LogP contribution in [0.3, 0.4) is 0 Å². The van der Waals surface area contributed by atoms with Crippen molar-refractivity contribution in [3.05, 3.63) is 0 Å². The fourth-order valence-corrected chi connectivity index (χ4v) is 1.40.